The van der Waals surface area contributed by atoms with E-state index in [1.165, 1.54) is 17.5 Å². The maximum absolute atomic E-state index is 12.5. The molecule has 1 N–H and O–H groups in total. The second kappa shape index (κ2) is 10.5. The largest absolute Gasteiger partial charge is 0.356 e. The number of amides is 1. The van der Waals surface area contributed by atoms with E-state index in [1.54, 1.807) is 0 Å². The summed E-state index contributed by atoms with van der Waals surface area (Å²) in [6.07, 6.45) is 6.50. The van der Waals surface area contributed by atoms with E-state index in [1.807, 2.05) is 6.92 Å². The Morgan fingerprint density at radius 1 is 1.09 bits per heavy atom. The number of carbonyl (C=O) groups is 1. The van der Waals surface area contributed by atoms with E-state index in [9.17, 15) is 4.79 Å². The lowest BCUT2D eigenvalue weighted by Crippen LogP contribution is -2.33. The van der Waals surface area contributed by atoms with E-state index in [4.69, 9.17) is 9.51 Å². The summed E-state index contributed by atoms with van der Waals surface area (Å²) < 4.78 is 5.45. The Labute approximate surface area is 200 Å². The highest BCUT2D eigenvalue weighted by Crippen LogP contribution is 2.29. The first-order valence-electron chi connectivity index (χ1n) is 12.6. The molecule has 2 aromatic heterocycles. The molecule has 5 rings (SSSR count). The molecule has 0 bridgehead atoms. The SMILES string of the molecule is Cc1noc2nc(CCC(=O)NCCCN3CCc4ccccc4C3)nc(N3CCCCC3)c12. The van der Waals surface area contributed by atoms with Crippen LogP contribution in [0.3, 0.4) is 0 Å². The van der Waals surface area contributed by atoms with Crippen LogP contribution in [0.15, 0.2) is 28.8 Å². The van der Waals surface area contributed by atoms with Crippen molar-refractivity contribution in [2.24, 2.45) is 0 Å². The molecule has 2 aliphatic rings. The van der Waals surface area contributed by atoms with E-state index in [2.05, 4.69) is 49.5 Å². The van der Waals surface area contributed by atoms with Crippen molar-refractivity contribution in [1.29, 1.82) is 0 Å². The van der Waals surface area contributed by atoms with Gasteiger partial charge in [0.1, 0.15) is 17.0 Å². The van der Waals surface area contributed by atoms with Crippen molar-refractivity contribution < 1.29 is 9.32 Å². The van der Waals surface area contributed by atoms with Crippen LogP contribution in [0.2, 0.25) is 0 Å². The van der Waals surface area contributed by atoms with Gasteiger partial charge in [-0.2, -0.15) is 4.98 Å². The summed E-state index contributed by atoms with van der Waals surface area (Å²) in [5.74, 6) is 1.59. The third kappa shape index (κ3) is 5.22. The highest BCUT2D eigenvalue weighted by molar-refractivity contribution is 5.88. The third-order valence-corrected chi connectivity index (χ3v) is 6.95. The Morgan fingerprint density at radius 2 is 1.91 bits per heavy atom. The number of anilines is 1. The Bertz CT molecular complexity index is 1140. The molecular formula is C26H34N6O2. The molecule has 1 aromatic carbocycles. The normalized spacial score (nSPS) is 16.6. The average Bonchev–Trinajstić information content (AvgIpc) is 3.26. The number of aromatic nitrogens is 3. The van der Waals surface area contributed by atoms with Gasteiger partial charge in [0.25, 0.3) is 5.71 Å². The van der Waals surface area contributed by atoms with Gasteiger partial charge >= 0.3 is 0 Å². The Hall–Kier alpha value is -3.00. The summed E-state index contributed by atoms with van der Waals surface area (Å²) in [4.78, 5) is 26.6. The van der Waals surface area contributed by atoms with Crippen LogP contribution < -0.4 is 10.2 Å². The zero-order valence-corrected chi connectivity index (χ0v) is 20.1. The van der Waals surface area contributed by atoms with Gasteiger partial charge in [-0.25, -0.2) is 4.98 Å². The summed E-state index contributed by atoms with van der Waals surface area (Å²) >= 11 is 0. The van der Waals surface area contributed by atoms with Crippen molar-refractivity contribution in [3.05, 3.63) is 46.9 Å². The molecule has 34 heavy (non-hydrogen) atoms. The average molecular weight is 463 g/mol. The van der Waals surface area contributed by atoms with Gasteiger partial charge in [0.2, 0.25) is 5.91 Å². The quantitative estimate of drug-likeness (QED) is 0.513. The molecule has 1 amide bonds. The molecule has 8 heteroatoms. The van der Waals surface area contributed by atoms with E-state index < -0.39 is 0 Å². The summed E-state index contributed by atoms with van der Waals surface area (Å²) in [6, 6.07) is 8.68. The minimum atomic E-state index is 0.0426. The highest BCUT2D eigenvalue weighted by Gasteiger charge is 2.21. The molecule has 2 aliphatic heterocycles. The number of aryl methyl sites for hydroxylation is 2. The van der Waals surface area contributed by atoms with Crippen LogP contribution in [0.4, 0.5) is 5.82 Å². The van der Waals surface area contributed by atoms with Crippen LogP contribution in [-0.4, -0.2) is 58.7 Å². The topological polar surface area (TPSA) is 87.4 Å². The van der Waals surface area contributed by atoms with Gasteiger partial charge < -0.3 is 14.7 Å². The van der Waals surface area contributed by atoms with E-state index in [-0.39, 0.29) is 5.91 Å². The second-order valence-corrected chi connectivity index (χ2v) is 9.46. The fourth-order valence-corrected chi connectivity index (χ4v) is 5.05. The first-order valence-corrected chi connectivity index (χ1v) is 12.6. The third-order valence-electron chi connectivity index (χ3n) is 6.95. The smallest absolute Gasteiger partial charge is 0.263 e. The molecule has 0 aliphatic carbocycles. The molecule has 0 atom stereocenters. The minimum Gasteiger partial charge on any atom is -0.356 e. The van der Waals surface area contributed by atoms with Gasteiger partial charge in [-0.15, -0.1) is 0 Å². The Balaban J connectivity index is 1.10. The fourth-order valence-electron chi connectivity index (χ4n) is 5.05. The number of fused-ring (bicyclic) bond motifs is 2. The number of piperidine rings is 1. The Morgan fingerprint density at radius 3 is 2.76 bits per heavy atom. The predicted molar refractivity (Wildman–Crippen MR) is 132 cm³/mol. The number of hydrogen-bond acceptors (Lipinski definition) is 7. The molecule has 180 valence electrons. The molecule has 0 saturated carbocycles. The molecule has 3 aromatic rings. The van der Waals surface area contributed by atoms with E-state index in [0.29, 0.717) is 30.9 Å². The molecule has 1 saturated heterocycles. The molecular weight excluding hydrogens is 428 g/mol. The number of nitrogens with zero attached hydrogens (tertiary/aromatic N) is 5. The summed E-state index contributed by atoms with van der Waals surface area (Å²) in [6.45, 7) is 7.68. The lowest BCUT2D eigenvalue weighted by molar-refractivity contribution is -0.121. The van der Waals surface area contributed by atoms with Gasteiger partial charge in [0.05, 0.1) is 5.69 Å². The van der Waals surface area contributed by atoms with Gasteiger partial charge in [0, 0.05) is 52.1 Å². The standard InChI is InChI=1S/C26H34N6O2/c1-19-24-25(32-15-5-2-6-16-32)28-22(29-26(24)34-30-19)10-11-23(33)27-13-7-14-31-17-12-20-8-3-4-9-21(20)18-31/h3-4,8-9H,2,5-7,10-18H2,1H3,(H,27,33). The maximum atomic E-state index is 12.5. The number of benzene rings is 1. The van der Waals surface area contributed by atoms with Crippen LogP contribution in [0.5, 0.6) is 0 Å². The molecule has 0 spiro atoms. The van der Waals surface area contributed by atoms with E-state index >= 15 is 0 Å². The first-order chi connectivity index (χ1) is 16.7. The molecule has 0 radical (unpaired) electrons. The maximum Gasteiger partial charge on any atom is 0.263 e. The zero-order chi connectivity index (χ0) is 23.3. The fraction of sp³-hybridized carbons (Fsp3) is 0.538. The van der Waals surface area contributed by atoms with Crippen molar-refractivity contribution >= 4 is 22.8 Å². The minimum absolute atomic E-state index is 0.0426. The van der Waals surface area contributed by atoms with Crippen molar-refractivity contribution in [3.63, 3.8) is 0 Å². The predicted octanol–water partition coefficient (Wildman–Crippen LogP) is 3.41. The number of hydrogen-bond donors (Lipinski definition) is 1. The zero-order valence-electron chi connectivity index (χ0n) is 20.1. The summed E-state index contributed by atoms with van der Waals surface area (Å²) in [7, 11) is 0. The molecule has 0 unspecified atom stereocenters. The summed E-state index contributed by atoms with van der Waals surface area (Å²) in [5, 5.41) is 8.06. The summed E-state index contributed by atoms with van der Waals surface area (Å²) in [5.41, 5.74) is 4.24. The lowest BCUT2D eigenvalue weighted by atomic mass is 10.00. The Kier molecular flexibility index (Phi) is 7.04. The number of rotatable bonds is 8. The number of carbonyl (C=O) groups excluding carboxylic acids is 1. The van der Waals surface area contributed by atoms with Crippen LogP contribution in [-0.2, 0) is 24.2 Å². The van der Waals surface area contributed by atoms with Crippen LogP contribution in [0, 0.1) is 6.92 Å². The molecule has 1 fully saturated rings. The van der Waals surface area contributed by atoms with Gasteiger partial charge in [0.15, 0.2) is 0 Å². The van der Waals surface area contributed by atoms with Crippen molar-refractivity contribution in [3.8, 4) is 0 Å². The van der Waals surface area contributed by atoms with Crippen molar-refractivity contribution in [1.82, 2.24) is 25.3 Å². The molecule has 4 heterocycles. The van der Waals surface area contributed by atoms with Crippen LogP contribution in [0.1, 0.15) is 54.7 Å². The monoisotopic (exact) mass is 462 g/mol. The first kappa shape index (κ1) is 22.8. The lowest BCUT2D eigenvalue weighted by Gasteiger charge is -2.28. The number of nitrogens with one attached hydrogen (secondary N) is 1. The molecule has 8 nitrogen and oxygen atoms in total. The van der Waals surface area contributed by atoms with E-state index in [0.717, 1.165) is 75.3 Å². The highest BCUT2D eigenvalue weighted by atomic mass is 16.5. The van der Waals surface area contributed by atoms with Crippen molar-refractivity contribution in [2.75, 3.05) is 37.6 Å². The van der Waals surface area contributed by atoms with Gasteiger partial charge in [-0.1, -0.05) is 29.4 Å². The van der Waals surface area contributed by atoms with Crippen LogP contribution in [0.25, 0.3) is 11.1 Å². The van der Waals surface area contributed by atoms with Gasteiger partial charge in [-0.3, -0.25) is 9.69 Å². The van der Waals surface area contributed by atoms with Crippen molar-refractivity contribution in [2.45, 2.75) is 58.4 Å². The van der Waals surface area contributed by atoms with Gasteiger partial charge in [-0.05, 0) is 50.2 Å². The second-order valence-electron chi connectivity index (χ2n) is 9.46. The van der Waals surface area contributed by atoms with Crippen LogP contribution >= 0.6 is 0 Å².